The van der Waals surface area contributed by atoms with Gasteiger partial charge in [-0.1, -0.05) is 12.1 Å². The van der Waals surface area contributed by atoms with E-state index >= 15 is 0 Å². The molecule has 0 aliphatic carbocycles. The van der Waals surface area contributed by atoms with Crippen LogP contribution >= 0.6 is 0 Å². The molecule has 1 aliphatic rings. The number of benzene rings is 2. The minimum Gasteiger partial charge on any atom is -0.508 e. The standard InChI is InChI=1S/C17H15NO4/c19-11-4-5-12-13-2-1-3-14(18-6-8-21-9-7-18)16(13)17(20)22-15(12)10-11/h1-5,10,19H,6-9H2. The van der Waals surface area contributed by atoms with E-state index in [0.717, 1.165) is 29.5 Å². The van der Waals surface area contributed by atoms with Gasteiger partial charge in [0.1, 0.15) is 11.3 Å². The van der Waals surface area contributed by atoms with Crippen LogP contribution in [0.4, 0.5) is 5.69 Å². The quantitative estimate of drug-likeness (QED) is 0.552. The predicted octanol–water partition coefficient (Wildman–Crippen LogP) is 2.49. The molecule has 2 heterocycles. The fraction of sp³-hybridized carbons (Fsp3) is 0.235. The molecule has 112 valence electrons. The molecule has 5 nitrogen and oxygen atoms in total. The van der Waals surface area contributed by atoms with Crippen LogP contribution in [-0.4, -0.2) is 31.4 Å². The molecule has 0 radical (unpaired) electrons. The lowest BCUT2D eigenvalue weighted by Gasteiger charge is -2.29. The lowest BCUT2D eigenvalue weighted by Crippen LogP contribution is -2.36. The van der Waals surface area contributed by atoms with Gasteiger partial charge in [-0.15, -0.1) is 0 Å². The lowest BCUT2D eigenvalue weighted by molar-refractivity contribution is 0.123. The topological polar surface area (TPSA) is 62.9 Å². The number of morpholine rings is 1. The molecule has 0 amide bonds. The van der Waals surface area contributed by atoms with E-state index in [0.29, 0.717) is 24.2 Å². The Morgan fingerprint density at radius 2 is 1.86 bits per heavy atom. The highest BCUT2D eigenvalue weighted by atomic mass is 16.5. The van der Waals surface area contributed by atoms with Gasteiger partial charge in [0.25, 0.3) is 0 Å². The fourth-order valence-electron chi connectivity index (χ4n) is 3.02. The molecule has 4 rings (SSSR count). The predicted molar refractivity (Wildman–Crippen MR) is 84.7 cm³/mol. The summed E-state index contributed by atoms with van der Waals surface area (Å²) in [7, 11) is 0. The average Bonchev–Trinajstić information content (AvgIpc) is 2.55. The van der Waals surface area contributed by atoms with Crippen LogP contribution in [-0.2, 0) is 4.74 Å². The second-order valence-corrected chi connectivity index (χ2v) is 5.37. The Labute approximate surface area is 126 Å². The Bertz CT molecular complexity index is 910. The number of hydrogen-bond donors (Lipinski definition) is 1. The number of hydrogen-bond acceptors (Lipinski definition) is 5. The van der Waals surface area contributed by atoms with Crippen LogP contribution < -0.4 is 10.5 Å². The lowest BCUT2D eigenvalue weighted by atomic mass is 10.1. The molecule has 1 N–H and O–H groups in total. The Hall–Kier alpha value is -2.53. The molecule has 0 atom stereocenters. The van der Waals surface area contributed by atoms with Gasteiger partial charge >= 0.3 is 5.63 Å². The maximum atomic E-state index is 12.5. The van der Waals surface area contributed by atoms with Crippen molar-refractivity contribution < 1.29 is 14.3 Å². The summed E-state index contributed by atoms with van der Waals surface area (Å²) in [5.41, 5.74) is 0.899. The summed E-state index contributed by atoms with van der Waals surface area (Å²) < 4.78 is 10.8. The summed E-state index contributed by atoms with van der Waals surface area (Å²) in [6, 6.07) is 10.6. The van der Waals surface area contributed by atoms with Crippen molar-refractivity contribution in [3.05, 3.63) is 46.8 Å². The summed E-state index contributed by atoms with van der Waals surface area (Å²) in [6.07, 6.45) is 0. The molecule has 1 saturated heterocycles. The Morgan fingerprint density at radius 1 is 1.05 bits per heavy atom. The van der Waals surface area contributed by atoms with Crippen molar-refractivity contribution in [2.75, 3.05) is 31.2 Å². The molecule has 1 aromatic heterocycles. The molecule has 0 spiro atoms. The zero-order valence-corrected chi connectivity index (χ0v) is 11.9. The van der Waals surface area contributed by atoms with Gasteiger partial charge in [-0.2, -0.15) is 0 Å². The van der Waals surface area contributed by atoms with E-state index in [9.17, 15) is 9.90 Å². The van der Waals surface area contributed by atoms with Gasteiger partial charge in [0.15, 0.2) is 0 Å². The molecule has 22 heavy (non-hydrogen) atoms. The van der Waals surface area contributed by atoms with Crippen LogP contribution in [0.2, 0.25) is 0 Å². The number of ether oxygens (including phenoxy) is 1. The largest absolute Gasteiger partial charge is 0.508 e. The molecule has 1 aliphatic heterocycles. The van der Waals surface area contributed by atoms with E-state index in [1.165, 1.54) is 6.07 Å². The van der Waals surface area contributed by atoms with E-state index in [-0.39, 0.29) is 11.4 Å². The first kappa shape index (κ1) is 13.2. The minimum absolute atomic E-state index is 0.0827. The normalized spacial score (nSPS) is 15.5. The van der Waals surface area contributed by atoms with E-state index in [1.54, 1.807) is 12.1 Å². The number of anilines is 1. The van der Waals surface area contributed by atoms with Crippen molar-refractivity contribution in [3.8, 4) is 5.75 Å². The molecular formula is C17H15NO4. The fourth-order valence-corrected chi connectivity index (χ4v) is 3.02. The zero-order chi connectivity index (χ0) is 15.1. The Kier molecular flexibility index (Phi) is 3.01. The summed E-state index contributed by atoms with van der Waals surface area (Å²) >= 11 is 0. The molecule has 1 fully saturated rings. The highest BCUT2D eigenvalue weighted by Gasteiger charge is 2.18. The summed E-state index contributed by atoms with van der Waals surface area (Å²) in [4.78, 5) is 14.6. The highest BCUT2D eigenvalue weighted by Crippen LogP contribution is 2.31. The SMILES string of the molecule is O=c1oc2cc(O)ccc2c2cccc(N3CCOCC3)c12. The van der Waals surface area contributed by atoms with Crippen molar-refractivity contribution in [3.63, 3.8) is 0 Å². The minimum atomic E-state index is -0.379. The van der Waals surface area contributed by atoms with Crippen molar-refractivity contribution in [1.29, 1.82) is 0 Å². The van der Waals surface area contributed by atoms with E-state index in [2.05, 4.69) is 4.90 Å². The highest BCUT2D eigenvalue weighted by molar-refractivity contribution is 6.08. The van der Waals surface area contributed by atoms with Crippen LogP contribution in [0.25, 0.3) is 21.7 Å². The summed E-state index contributed by atoms with van der Waals surface area (Å²) in [5, 5.41) is 11.8. The van der Waals surface area contributed by atoms with Gasteiger partial charge in [-0.3, -0.25) is 0 Å². The van der Waals surface area contributed by atoms with Crippen LogP contribution in [0.3, 0.4) is 0 Å². The average molecular weight is 297 g/mol. The Balaban J connectivity index is 2.04. The molecule has 5 heteroatoms. The second kappa shape index (κ2) is 5.03. The number of aromatic hydroxyl groups is 1. The van der Waals surface area contributed by atoms with Crippen LogP contribution in [0, 0.1) is 0 Å². The van der Waals surface area contributed by atoms with E-state index < -0.39 is 0 Å². The first-order chi connectivity index (χ1) is 10.7. The first-order valence-corrected chi connectivity index (χ1v) is 7.25. The zero-order valence-electron chi connectivity index (χ0n) is 11.9. The van der Waals surface area contributed by atoms with Crippen molar-refractivity contribution in [2.24, 2.45) is 0 Å². The third kappa shape index (κ3) is 2.02. The first-order valence-electron chi connectivity index (χ1n) is 7.25. The number of fused-ring (bicyclic) bond motifs is 3. The van der Waals surface area contributed by atoms with Gasteiger partial charge < -0.3 is 19.2 Å². The second-order valence-electron chi connectivity index (χ2n) is 5.37. The third-order valence-corrected chi connectivity index (χ3v) is 4.06. The molecule has 2 aromatic carbocycles. The van der Waals surface area contributed by atoms with E-state index in [4.69, 9.17) is 9.15 Å². The van der Waals surface area contributed by atoms with Crippen LogP contribution in [0.5, 0.6) is 5.75 Å². The maximum absolute atomic E-state index is 12.5. The van der Waals surface area contributed by atoms with Gasteiger partial charge in [0.05, 0.1) is 24.3 Å². The smallest absolute Gasteiger partial charge is 0.346 e. The van der Waals surface area contributed by atoms with Crippen LogP contribution in [0.1, 0.15) is 0 Å². The molecule has 0 saturated carbocycles. The van der Waals surface area contributed by atoms with Gasteiger partial charge in [0, 0.05) is 29.9 Å². The Morgan fingerprint density at radius 3 is 2.68 bits per heavy atom. The monoisotopic (exact) mass is 297 g/mol. The number of phenols is 1. The summed E-state index contributed by atoms with van der Waals surface area (Å²) in [6.45, 7) is 2.82. The van der Waals surface area contributed by atoms with Gasteiger partial charge in [0.2, 0.25) is 0 Å². The van der Waals surface area contributed by atoms with Gasteiger partial charge in [-0.05, 0) is 18.2 Å². The number of nitrogens with zero attached hydrogens (tertiary/aromatic N) is 1. The molecule has 3 aromatic rings. The number of rotatable bonds is 1. The van der Waals surface area contributed by atoms with Crippen molar-refractivity contribution >= 4 is 27.4 Å². The molecule has 0 unspecified atom stereocenters. The number of phenolic OH excluding ortho intramolecular Hbond substituents is 1. The maximum Gasteiger partial charge on any atom is 0.346 e. The third-order valence-electron chi connectivity index (χ3n) is 4.06. The van der Waals surface area contributed by atoms with Crippen molar-refractivity contribution in [2.45, 2.75) is 0 Å². The summed E-state index contributed by atoms with van der Waals surface area (Å²) in [5.74, 6) is 0.0827. The molecule has 0 bridgehead atoms. The van der Waals surface area contributed by atoms with E-state index in [1.807, 2.05) is 18.2 Å². The van der Waals surface area contributed by atoms with Crippen molar-refractivity contribution in [1.82, 2.24) is 0 Å². The molecular weight excluding hydrogens is 282 g/mol. The van der Waals surface area contributed by atoms with Gasteiger partial charge in [-0.25, -0.2) is 4.79 Å². The van der Waals surface area contributed by atoms with Crippen LogP contribution in [0.15, 0.2) is 45.6 Å².